The molecule has 40 heavy (non-hydrogen) atoms. The minimum Gasteiger partial charge on any atom is -0.444 e. The molecule has 4 aromatic heterocycles. The number of nitrogens with two attached hydrogens (primary N) is 1. The fourth-order valence-corrected chi connectivity index (χ4v) is 4.96. The van der Waals surface area contributed by atoms with Crippen molar-refractivity contribution in [3.8, 4) is 22.8 Å². The summed E-state index contributed by atoms with van der Waals surface area (Å²) in [7, 11) is 0. The van der Waals surface area contributed by atoms with Gasteiger partial charge in [0.15, 0.2) is 17.2 Å². The summed E-state index contributed by atoms with van der Waals surface area (Å²) < 4.78 is 13.0. The zero-order valence-corrected chi connectivity index (χ0v) is 23.6. The van der Waals surface area contributed by atoms with Crippen molar-refractivity contribution >= 4 is 23.5 Å². The highest BCUT2D eigenvalue weighted by Gasteiger charge is 2.42. The molecule has 0 radical (unpaired) electrons. The van der Waals surface area contributed by atoms with Gasteiger partial charge in [0.2, 0.25) is 5.89 Å². The molecule has 1 atom stereocenters. The van der Waals surface area contributed by atoms with Gasteiger partial charge in [0.05, 0.1) is 12.2 Å². The lowest BCUT2D eigenvalue weighted by molar-refractivity contribution is 0.0213. The molecule has 1 unspecified atom stereocenters. The van der Waals surface area contributed by atoms with Gasteiger partial charge in [0, 0.05) is 36.7 Å². The molecular formula is C28H34N8O4. The maximum Gasteiger partial charge on any atom is 0.410 e. The molecule has 0 bridgehead atoms. The number of imidazole rings is 1. The highest BCUT2D eigenvalue weighted by atomic mass is 16.6. The number of pyridine rings is 1. The maximum absolute atomic E-state index is 13.4. The molecule has 0 spiro atoms. The molecule has 210 valence electrons. The number of fused-ring (bicyclic) bond motifs is 1. The average molecular weight is 547 g/mol. The normalized spacial score (nSPS) is 16.9. The van der Waals surface area contributed by atoms with E-state index in [1.165, 1.54) is 12.5 Å². The number of oxazole rings is 1. The van der Waals surface area contributed by atoms with Gasteiger partial charge >= 0.3 is 6.09 Å². The number of ether oxygens (including phenoxy) is 1. The second-order valence-corrected chi connectivity index (χ2v) is 11.9. The predicted molar refractivity (Wildman–Crippen MR) is 148 cm³/mol. The number of hydrogen-bond acceptors (Lipinski definition) is 9. The monoisotopic (exact) mass is 546 g/mol. The summed E-state index contributed by atoms with van der Waals surface area (Å²) in [6.45, 7) is 12.3. The van der Waals surface area contributed by atoms with E-state index in [1.807, 2.05) is 50.4 Å². The number of carbonyl (C=O) groups excluding carboxylic acids is 2. The second kappa shape index (κ2) is 9.92. The van der Waals surface area contributed by atoms with Crippen LogP contribution in [0.1, 0.15) is 57.2 Å². The van der Waals surface area contributed by atoms with Crippen molar-refractivity contribution in [3.05, 3.63) is 48.4 Å². The van der Waals surface area contributed by atoms with Gasteiger partial charge in [0.25, 0.3) is 5.91 Å². The lowest BCUT2D eigenvalue weighted by Crippen LogP contribution is -2.45. The van der Waals surface area contributed by atoms with Crippen LogP contribution in [0, 0.1) is 12.3 Å². The zero-order valence-electron chi connectivity index (χ0n) is 23.6. The van der Waals surface area contributed by atoms with E-state index in [4.69, 9.17) is 14.9 Å². The molecule has 2 amide bonds. The van der Waals surface area contributed by atoms with Crippen molar-refractivity contribution in [3.63, 3.8) is 0 Å². The lowest BCUT2D eigenvalue weighted by atomic mass is 9.91. The highest BCUT2D eigenvalue weighted by molar-refractivity contribution is 5.97. The first-order chi connectivity index (χ1) is 18.8. The molecule has 4 aromatic rings. The summed E-state index contributed by atoms with van der Waals surface area (Å²) in [5.41, 5.74) is 8.54. The van der Waals surface area contributed by atoms with Crippen LogP contribution in [0.15, 0.2) is 41.4 Å². The number of likely N-dealkylation sites (tertiary alicyclic amines) is 1. The number of aryl methyl sites for hydroxylation is 1. The molecule has 12 heteroatoms. The summed E-state index contributed by atoms with van der Waals surface area (Å²) in [6, 6.07) is 3.45. The topological polar surface area (TPSA) is 154 Å². The zero-order chi connectivity index (χ0) is 28.8. The fourth-order valence-electron chi connectivity index (χ4n) is 4.96. The number of anilines is 1. The van der Waals surface area contributed by atoms with Gasteiger partial charge in [-0.2, -0.15) is 0 Å². The highest BCUT2D eigenvalue weighted by Crippen LogP contribution is 2.35. The number of aromatic nitrogens is 5. The Bertz CT molecular complexity index is 1570. The van der Waals surface area contributed by atoms with Gasteiger partial charge < -0.3 is 29.5 Å². The smallest absolute Gasteiger partial charge is 0.410 e. The van der Waals surface area contributed by atoms with E-state index in [2.05, 4.69) is 39.1 Å². The largest absolute Gasteiger partial charge is 0.444 e. The molecule has 0 aliphatic carbocycles. The number of nitrogens with zero attached hydrogens (tertiary/aromatic N) is 6. The van der Waals surface area contributed by atoms with E-state index >= 15 is 0 Å². The molecule has 12 nitrogen and oxygen atoms in total. The lowest BCUT2D eigenvalue weighted by Gasteiger charge is -2.29. The first kappa shape index (κ1) is 27.1. The number of rotatable bonds is 5. The van der Waals surface area contributed by atoms with E-state index in [1.54, 1.807) is 11.1 Å². The van der Waals surface area contributed by atoms with Crippen molar-refractivity contribution < 1.29 is 18.7 Å². The molecule has 1 aliphatic heterocycles. The summed E-state index contributed by atoms with van der Waals surface area (Å²) in [4.78, 5) is 45.7. The molecule has 5 heterocycles. The standard InChI is InChI=1S/C28H34N8O4/c1-16-12-31-19-8-7-17(14-35(16)19)20-21(25-30-9-10-39-25)34-23(29)22(33-20)24(37)32-13-18-11-28(5,6)15-36(18)26(38)40-27(2,3)4/h7-10,12,14,18H,11,13,15H2,1-6H3,(H2,29,34)(H,32,37). The average Bonchev–Trinajstić information content (AvgIpc) is 3.60. The van der Waals surface area contributed by atoms with Gasteiger partial charge in [-0.25, -0.2) is 24.7 Å². The van der Waals surface area contributed by atoms with Crippen LogP contribution in [0.3, 0.4) is 0 Å². The Kier molecular flexibility index (Phi) is 6.72. The Morgan fingerprint density at radius 2 is 1.98 bits per heavy atom. The summed E-state index contributed by atoms with van der Waals surface area (Å²) >= 11 is 0. The van der Waals surface area contributed by atoms with Gasteiger partial charge in [-0.15, -0.1) is 0 Å². The Hall–Kier alpha value is -4.48. The van der Waals surface area contributed by atoms with E-state index in [0.717, 1.165) is 11.3 Å². The Balaban J connectivity index is 1.44. The first-order valence-electron chi connectivity index (χ1n) is 13.1. The van der Waals surface area contributed by atoms with Crippen LogP contribution in [-0.4, -0.2) is 66.0 Å². The number of nitrogen functional groups attached to an aromatic ring is 1. The van der Waals surface area contributed by atoms with Crippen LogP contribution in [0.4, 0.5) is 10.6 Å². The third-order valence-corrected chi connectivity index (χ3v) is 6.69. The van der Waals surface area contributed by atoms with Gasteiger partial charge in [-0.3, -0.25) is 4.79 Å². The van der Waals surface area contributed by atoms with Crippen LogP contribution in [0.25, 0.3) is 28.5 Å². The van der Waals surface area contributed by atoms with Crippen molar-refractivity contribution in [1.82, 2.24) is 34.6 Å². The van der Waals surface area contributed by atoms with E-state index in [0.29, 0.717) is 29.9 Å². The second-order valence-electron chi connectivity index (χ2n) is 11.9. The van der Waals surface area contributed by atoms with Crippen molar-refractivity contribution in [2.24, 2.45) is 5.41 Å². The molecule has 0 saturated carbocycles. The van der Waals surface area contributed by atoms with Crippen LogP contribution in [0.5, 0.6) is 0 Å². The van der Waals surface area contributed by atoms with E-state index < -0.39 is 17.6 Å². The predicted octanol–water partition coefficient (Wildman–Crippen LogP) is 4.10. The molecule has 1 fully saturated rings. The van der Waals surface area contributed by atoms with Crippen LogP contribution >= 0.6 is 0 Å². The molecule has 3 N–H and O–H groups in total. The minimum absolute atomic E-state index is 0.0335. The van der Waals surface area contributed by atoms with E-state index in [-0.39, 0.29) is 35.4 Å². The van der Waals surface area contributed by atoms with Crippen molar-refractivity contribution in [2.75, 3.05) is 18.8 Å². The van der Waals surface area contributed by atoms with Crippen LogP contribution in [0.2, 0.25) is 0 Å². The molecule has 5 rings (SSSR count). The third-order valence-electron chi connectivity index (χ3n) is 6.69. The first-order valence-corrected chi connectivity index (χ1v) is 13.1. The van der Waals surface area contributed by atoms with Crippen LogP contribution in [-0.2, 0) is 4.74 Å². The van der Waals surface area contributed by atoms with Gasteiger partial charge in [0.1, 0.15) is 23.2 Å². The number of hydrogen-bond donors (Lipinski definition) is 2. The van der Waals surface area contributed by atoms with Gasteiger partial charge in [-0.1, -0.05) is 13.8 Å². The van der Waals surface area contributed by atoms with E-state index in [9.17, 15) is 9.59 Å². The SMILES string of the molecule is Cc1cnc2ccc(-c3nc(C(=O)NCC4CC(C)(C)CN4C(=O)OC(C)(C)C)c(N)nc3-c3ncco3)cn12. The molecule has 1 saturated heterocycles. The number of amides is 2. The molecule has 1 aliphatic rings. The van der Waals surface area contributed by atoms with Crippen molar-refractivity contribution in [2.45, 2.75) is 59.6 Å². The third kappa shape index (κ3) is 5.47. The Morgan fingerprint density at radius 3 is 2.67 bits per heavy atom. The maximum atomic E-state index is 13.4. The summed E-state index contributed by atoms with van der Waals surface area (Å²) in [5.74, 6) is -0.339. The number of carbonyl (C=O) groups is 2. The molecular weight excluding hydrogens is 512 g/mol. The summed E-state index contributed by atoms with van der Waals surface area (Å²) in [5, 5.41) is 2.91. The van der Waals surface area contributed by atoms with Crippen molar-refractivity contribution in [1.29, 1.82) is 0 Å². The Morgan fingerprint density at radius 1 is 1.20 bits per heavy atom. The molecule has 0 aromatic carbocycles. The van der Waals surface area contributed by atoms with Crippen LogP contribution < -0.4 is 11.1 Å². The quantitative estimate of drug-likeness (QED) is 0.376. The Labute approximate surface area is 232 Å². The number of nitrogens with one attached hydrogen (secondary N) is 1. The fraction of sp³-hybridized carbons (Fsp3) is 0.429. The minimum atomic E-state index is -0.624. The summed E-state index contributed by atoms with van der Waals surface area (Å²) in [6.07, 6.45) is 6.87. The van der Waals surface area contributed by atoms with Gasteiger partial charge in [-0.05, 0) is 51.7 Å².